The van der Waals surface area contributed by atoms with Crippen LogP contribution >= 0.6 is 23.4 Å². The molecule has 4 aromatic rings. The maximum absolute atomic E-state index is 13.7. The quantitative estimate of drug-likeness (QED) is 0.306. The average molecular weight is 457 g/mol. The summed E-state index contributed by atoms with van der Waals surface area (Å²) in [6.45, 7) is 0. The molecule has 0 amide bonds. The molecule has 0 fully saturated rings. The largest absolute Gasteiger partial charge is 0.329 e. The van der Waals surface area contributed by atoms with Crippen LogP contribution in [-0.2, 0) is 7.05 Å². The van der Waals surface area contributed by atoms with Crippen molar-refractivity contribution >= 4 is 40.7 Å². The van der Waals surface area contributed by atoms with Crippen molar-refractivity contribution in [1.29, 1.82) is 0 Å². The van der Waals surface area contributed by atoms with Crippen molar-refractivity contribution < 1.29 is 4.79 Å². The molecule has 0 spiro atoms. The van der Waals surface area contributed by atoms with Crippen molar-refractivity contribution in [1.82, 2.24) is 4.57 Å². The third-order valence-electron chi connectivity index (χ3n) is 5.74. The van der Waals surface area contributed by atoms with E-state index in [1.165, 1.54) is 0 Å². The Morgan fingerprint density at radius 2 is 1.44 bits per heavy atom. The molecule has 2 heterocycles. The first-order chi connectivity index (χ1) is 15.6. The van der Waals surface area contributed by atoms with Gasteiger partial charge in [-0.1, -0.05) is 96.2 Å². The number of anilines is 1. The number of ketones is 1. The predicted octanol–water partition coefficient (Wildman–Crippen LogP) is 7.12. The predicted molar refractivity (Wildman–Crippen MR) is 134 cm³/mol. The van der Waals surface area contributed by atoms with E-state index in [2.05, 4.69) is 22.4 Å². The van der Waals surface area contributed by atoms with E-state index in [1.54, 1.807) is 11.8 Å². The van der Waals surface area contributed by atoms with Crippen LogP contribution in [-0.4, -0.2) is 17.4 Å². The van der Waals surface area contributed by atoms with E-state index in [9.17, 15) is 4.79 Å². The fourth-order valence-corrected chi connectivity index (χ4v) is 5.55. The first-order valence-electron chi connectivity index (χ1n) is 10.3. The van der Waals surface area contributed by atoms with Crippen LogP contribution in [0.15, 0.2) is 95.2 Å². The molecular weight excluding hydrogens is 436 g/mol. The molecule has 158 valence electrons. The standard InChI is InChI=1S/C27H21ClN2OS/c1-29-22(18-13-15-21(28)16-14-18)17-32-26-23(19-9-5-3-6-10-19)24(30(2)27(26)29)25(31)20-11-7-4-8-12-20/h3-17H,1-2H3. The zero-order chi connectivity index (χ0) is 22.2. The minimum absolute atomic E-state index is 0.0170. The SMILES string of the molecule is CN1C(c2ccc(Cl)cc2)=CSc2c(-c3ccccc3)c(C(=O)c3ccccc3)n(C)c21. The van der Waals surface area contributed by atoms with Gasteiger partial charge in [-0.3, -0.25) is 4.79 Å². The van der Waals surface area contributed by atoms with Crippen LogP contribution in [0.1, 0.15) is 21.6 Å². The monoisotopic (exact) mass is 456 g/mol. The molecule has 0 saturated heterocycles. The summed E-state index contributed by atoms with van der Waals surface area (Å²) in [5.41, 5.74) is 5.53. The lowest BCUT2D eigenvalue weighted by Gasteiger charge is -2.28. The van der Waals surface area contributed by atoms with Gasteiger partial charge in [0, 0.05) is 35.7 Å². The number of halogens is 1. The van der Waals surface area contributed by atoms with Gasteiger partial charge in [-0.05, 0) is 23.3 Å². The minimum Gasteiger partial charge on any atom is -0.329 e. The molecule has 0 radical (unpaired) electrons. The van der Waals surface area contributed by atoms with Crippen LogP contribution in [0.5, 0.6) is 0 Å². The first-order valence-corrected chi connectivity index (χ1v) is 11.6. The van der Waals surface area contributed by atoms with E-state index in [-0.39, 0.29) is 5.78 Å². The summed E-state index contributed by atoms with van der Waals surface area (Å²) in [6.07, 6.45) is 0. The molecule has 0 bridgehead atoms. The number of hydrogen-bond acceptors (Lipinski definition) is 3. The van der Waals surface area contributed by atoms with Gasteiger partial charge in [0.25, 0.3) is 0 Å². The van der Waals surface area contributed by atoms with Crippen molar-refractivity contribution in [3.63, 3.8) is 0 Å². The Morgan fingerprint density at radius 1 is 0.812 bits per heavy atom. The third kappa shape index (κ3) is 3.46. The fraction of sp³-hybridized carbons (Fsp3) is 0.0741. The normalized spacial score (nSPS) is 13.0. The van der Waals surface area contributed by atoms with Gasteiger partial charge in [0.1, 0.15) is 5.82 Å². The second-order valence-corrected chi connectivity index (χ2v) is 9.00. The number of rotatable bonds is 4. The Balaban J connectivity index is 1.70. The van der Waals surface area contributed by atoms with E-state index < -0.39 is 0 Å². The molecule has 0 saturated carbocycles. The zero-order valence-electron chi connectivity index (χ0n) is 17.7. The highest BCUT2D eigenvalue weighted by atomic mass is 35.5. The van der Waals surface area contributed by atoms with Crippen LogP contribution in [0.2, 0.25) is 5.02 Å². The highest BCUT2D eigenvalue weighted by molar-refractivity contribution is 8.02. The molecule has 0 N–H and O–H groups in total. The summed E-state index contributed by atoms with van der Waals surface area (Å²) in [5, 5.41) is 2.86. The maximum Gasteiger partial charge on any atom is 0.210 e. The summed E-state index contributed by atoms with van der Waals surface area (Å²) >= 11 is 7.76. The number of hydrogen-bond donors (Lipinski definition) is 0. The number of fused-ring (bicyclic) bond motifs is 1. The highest BCUT2D eigenvalue weighted by Gasteiger charge is 2.32. The molecule has 3 nitrogen and oxygen atoms in total. The van der Waals surface area contributed by atoms with Crippen molar-refractivity contribution in [2.24, 2.45) is 7.05 Å². The number of carbonyl (C=O) groups is 1. The number of benzene rings is 3. The maximum atomic E-state index is 13.7. The molecule has 0 aliphatic carbocycles. The minimum atomic E-state index is 0.0170. The second-order valence-electron chi connectivity index (χ2n) is 7.68. The second kappa shape index (κ2) is 8.38. The average Bonchev–Trinajstić information content (AvgIpc) is 3.13. The van der Waals surface area contributed by atoms with Gasteiger partial charge < -0.3 is 9.47 Å². The molecule has 32 heavy (non-hydrogen) atoms. The molecule has 1 aliphatic heterocycles. The van der Waals surface area contributed by atoms with Gasteiger partial charge in [-0.2, -0.15) is 0 Å². The fourth-order valence-electron chi connectivity index (χ4n) is 4.19. The molecule has 5 heteroatoms. The van der Waals surface area contributed by atoms with Gasteiger partial charge in [0.05, 0.1) is 16.3 Å². The highest BCUT2D eigenvalue weighted by Crippen LogP contribution is 2.49. The number of thioether (sulfide) groups is 1. The third-order valence-corrected chi connectivity index (χ3v) is 6.96. The summed E-state index contributed by atoms with van der Waals surface area (Å²) in [6, 6.07) is 27.5. The van der Waals surface area contributed by atoms with Crippen LogP contribution in [0, 0.1) is 0 Å². The van der Waals surface area contributed by atoms with Gasteiger partial charge >= 0.3 is 0 Å². The molecule has 1 aromatic heterocycles. The Morgan fingerprint density at radius 3 is 2.09 bits per heavy atom. The lowest BCUT2D eigenvalue weighted by atomic mass is 10.00. The van der Waals surface area contributed by atoms with E-state index >= 15 is 0 Å². The molecule has 3 aromatic carbocycles. The topological polar surface area (TPSA) is 25.2 Å². The van der Waals surface area contributed by atoms with Crippen molar-refractivity contribution in [2.45, 2.75) is 4.90 Å². The van der Waals surface area contributed by atoms with Crippen LogP contribution < -0.4 is 4.90 Å². The van der Waals surface area contributed by atoms with Gasteiger partial charge in [0.15, 0.2) is 0 Å². The Labute approximate surface area is 196 Å². The Hall–Kier alpha value is -3.21. The lowest BCUT2D eigenvalue weighted by Crippen LogP contribution is -2.21. The molecule has 5 rings (SSSR count). The summed E-state index contributed by atoms with van der Waals surface area (Å²) < 4.78 is 2.03. The van der Waals surface area contributed by atoms with Crippen molar-refractivity contribution in [2.75, 3.05) is 11.9 Å². The summed E-state index contributed by atoms with van der Waals surface area (Å²) in [5.74, 6) is 1.02. The Kier molecular flexibility index (Phi) is 5.41. The molecule has 0 atom stereocenters. The summed E-state index contributed by atoms with van der Waals surface area (Å²) in [4.78, 5) is 16.9. The van der Waals surface area contributed by atoms with Crippen molar-refractivity contribution in [3.8, 4) is 11.1 Å². The number of nitrogens with zero attached hydrogens (tertiary/aromatic N) is 2. The molecule has 0 unspecified atom stereocenters. The number of aromatic nitrogens is 1. The summed E-state index contributed by atoms with van der Waals surface area (Å²) in [7, 11) is 4.02. The number of carbonyl (C=O) groups excluding carboxylic acids is 1. The van der Waals surface area contributed by atoms with E-state index in [1.807, 2.05) is 91.5 Å². The molecule has 1 aliphatic rings. The van der Waals surface area contributed by atoms with Gasteiger partial charge in [-0.25, -0.2) is 0 Å². The van der Waals surface area contributed by atoms with Gasteiger partial charge in [0.2, 0.25) is 5.78 Å². The van der Waals surface area contributed by atoms with E-state index in [0.717, 1.165) is 33.1 Å². The Bertz CT molecular complexity index is 1330. The smallest absolute Gasteiger partial charge is 0.210 e. The lowest BCUT2D eigenvalue weighted by molar-refractivity contribution is 0.103. The van der Waals surface area contributed by atoms with E-state index in [4.69, 9.17) is 11.6 Å². The van der Waals surface area contributed by atoms with Crippen molar-refractivity contribution in [3.05, 3.63) is 112 Å². The van der Waals surface area contributed by atoms with Crippen LogP contribution in [0.4, 0.5) is 5.82 Å². The first kappa shape index (κ1) is 20.7. The molecular formula is C27H21ClN2OS. The van der Waals surface area contributed by atoms with E-state index in [0.29, 0.717) is 16.3 Å². The zero-order valence-corrected chi connectivity index (χ0v) is 19.3. The van der Waals surface area contributed by atoms with Gasteiger partial charge in [-0.15, -0.1) is 0 Å². The van der Waals surface area contributed by atoms with Crippen LogP contribution in [0.3, 0.4) is 0 Å². The van der Waals surface area contributed by atoms with Crippen LogP contribution in [0.25, 0.3) is 16.8 Å².